The summed E-state index contributed by atoms with van der Waals surface area (Å²) in [5.41, 5.74) is 9.17. The standard InChI is InChI=1S/C24H22FN5/c1-29-12-13-30(18-7-6-16-4-2-3-5-17(16)14-18)22-10-8-19(24(25)20(22)15-29)21-9-11-23(26)28-27-21/h2-11,14H,12-13,15H2,1H3,(H2,26,28). The van der Waals surface area contributed by atoms with Gasteiger partial charge in [0.1, 0.15) is 11.6 Å². The Morgan fingerprint density at radius 1 is 0.900 bits per heavy atom. The molecule has 0 saturated heterocycles. The third-order valence-corrected chi connectivity index (χ3v) is 5.65. The molecule has 30 heavy (non-hydrogen) atoms. The number of nitrogens with two attached hydrogens (primary N) is 1. The molecule has 0 atom stereocenters. The van der Waals surface area contributed by atoms with Crippen LogP contribution in [0.1, 0.15) is 5.56 Å². The third-order valence-electron chi connectivity index (χ3n) is 5.65. The number of likely N-dealkylation sites (N-methyl/N-ethyl adjacent to an activating group) is 1. The van der Waals surface area contributed by atoms with E-state index in [1.54, 1.807) is 18.2 Å². The van der Waals surface area contributed by atoms with Crippen LogP contribution in [0.2, 0.25) is 0 Å². The zero-order valence-electron chi connectivity index (χ0n) is 16.7. The fourth-order valence-corrected chi connectivity index (χ4v) is 4.05. The van der Waals surface area contributed by atoms with Gasteiger partial charge in [-0.3, -0.25) is 0 Å². The molecule has 150 valence electrons. The lowest BCUT2D eigenvalue weighted by Gasteiger charge is -2.26. The number of nitrogens with zero attached hydrogens (tertiary/aromatic N) is 4. The van der Waals surface area contributed by atoms with Crippen LogP contribution in [0, 0.1) is 5.82 Å². The van der Waals surface area contributed by atoms with Crippen molar-refractivity contribution in [3.05, 3.63) is 78.1 Å². The summed E-state index contributed by atoms with van der Waals surface area (Å²) < 4.78 is 15.7. The molecule has 0 unspecified atom stereocenters. The molecule has 0 saturated carbocycles. The SMILES string of the molecule is CN1CCN(c2ccc3ccccc3c2)c2ccc(-c3ccc(N)nn3)c(F)c2C1. The molecular weight excluding hydrogens is 377 g/mol. The first-order valence-electron chi connectivity index (χ1n) is 9.96. The van der Waals surface area contributed by atoms with E-state index < -0.39 is 0 Å². The fourth-order valence-electron chi connectivity index (χ4n) is 4.05. The second-order valence-corrected chi connectivity index (χ2v) is 7.69. The van der Waals surface area contributed by atoms with Crippen molar-refractivity contribution >= 4 is 28.0 Å². The number of aromatic nitrogens is 2. The van der Waals surface area contributed by atoms with Gasteiger partial charge in [-0.1, -0.05) is 30.3 Å². The monoisotopic (exact) mass is 399 g/mol. The lowest BCUT2D eigenvalue weighted by Crippen LogP contribution is -2.26. The summed E-state index contributed by atoms with van der Waals surface area (Å²) in [6.45, 7) is 2.14. The van der Waals surface area contributed by atoms with Crippen molar-refractivity contribution in [3.8, 4) is 11.3 Å². The second kappa shape index (κ2) is 7.39. The first kappa shape index (κ1) is 18.5. The summed E-state index contributed by atoms with van der Waals surface area (Å²) in [6.07, 6.45) is 0. The van der Waals surface area contributed by atoms with Gasteiger partial charge in [-0.2, -0.15) is 0 Å². The number of anilines is 3. The van der Waals surface area contributed by atoms with Crippen molar-refractivity contribution in [2.75, 3.05) is 30.8 Å². The molecule has 0 radical (unpaired) electrons. The fraction of sp³-hybridized carbons (Fsp3) is 0.167. The second-order valence-electron chi connectivity index (χ2n) is 7.69. The Bertz CT molecular complexity index is 1220. The van der Waals surface area contributed by atoms with E-state index >= 15 is 4.39 Å². The quantitative estimate of drug-likeness (QED) is 0.534. The van der Waals surface area contributed by atoms with Crippen LogP contribution < -0.4 is 10.6 Å². The zero-order valence-corrected chi connectivity index (χ0v) is 16.7. The summed E-state index contributed by atoms with van der Waals surface area (Å²) in [5, 5.41) is 10.3. The van der Waals surface area contributed by atoms with Crippen LogP contribution in [0.5, 0.6) is 0 Å². The van der Waals surface area contributed by atoms with Gasteiger partial charge in [0.25, 0.3) is 0 Å². The molecule has 4 aromatic rings. The van der Waals surface area contributed by atoms with Crippen LogP contribution in [0.25, 0.3) is 22.0 Å². The van der Waals surface area contributed by atoms with Crippen LogP contribution >= 0.6 is 0 Å². The average molecular weight is 399 g/mol. The third kappa shape index (κ3) is 3.25. The lowest BCUT2D eigenvalue weighted by atomic mass is 10.0. The Balaban J connectivity index is 1.63. The highest BCUT2D eigenvalue weighted by Crippen LogP contribution is 2.37. The predicted octanol–water partition coefficient (Wildman–Crippen LogP) is 4.60. The van der Waals surface area contributed by atoms with Gasteiger partial charge in [-0.25, -0.2) is 4.39 Å². The highest BCUT2D eigenvalue weighted by molar-refractivity contribution is 5.87. The highest BCUT2D eigenvalue weighted by Gasteiger charge is 2.24. The molecule has 0 spiro atoms. The van der Waals surface area contributed by atoms with Gasteiger partial charge in [0.05, 0.1) is 5.69 Å². The highest BCUT2D eigenvalue weighted by atomic mass is 19.1. The number of rotatable bonds is 2. The van der Waals surface area contributed by atoms with E-state index in [0.29, 0.717) is 29.2 Å². The Labute approximate surface area is 174 Å². The molecule has 1 aromatic heterocycles. The number of fused-ring (bicyclic) bond motifs is 2. The van der Waals surface area contributed by atoms with Gasteiger partial charge >= 0.3 is 0 Å². The average Bonchev–Trinajstić information content (AvgIpc) is 2.93. The maximum Gasteiger partial charge on any atom is 0.146 e. The van der Waals surface area contributed by atoms with Crippen LogP contribution in [-0.4, -0.2) is 35.2 Å². The molecule has 1 aliphatic heterocycles. The van der Waals surface area contributed by atoms with Crippen LogP contribution in [-0.2, 0) is 6.54 Å². The van der Waals surface area contributed by atoms with Crippen molar-refractivity contribution in [1.29, 1.82) is 0 Å². The van der Waals surface area contributed by atoms with Crippen molar-refractivity contribution < 1.29 is 4.39 Å². The lowest BCUT2D eigenvalue weighted by molar-refractivity contribution is 0.338. The van der Waals surface area contributed by atoms with E-state index in [1.165, 1.54) is 10.8 Å². The number of hydrogen-bond donors (Lipinski definition) is 1. The molecule has 5 nitrogen and oxygen atoms in total. The summed E-state index contributed by atoms with van der Waals surface area (Å²) >= 11 is 0. The molecule has 2 heterocycles. The van der Waals surface area contributed by atoms with E-state index in [2.05, 4.69) is 50.3 Å². The predicted molar refractivity (Wildman–Crippen MR) is 119 cm³/mol. The van der Waals surface area contributed by atoms with E-state index in [9.17, 15) is 0 Å². The Morgan fingerprint density at radius 3 is 2.53 bits per heavy atom. The smallest absolute Gasteiger partial charge is 0.146 e. The maximum absolute atomic E-state index is 15.7. The molecular formula is C24H22FN5. The van der Waals surface area contributed by atoms with Crippen molar-refractivity contribution in [2.45, 2.75) is 6.54 Å². The van der Waals surface area contributed by atoms with E-state index in [-0.39, 0.29) is 5.82 Å². The Hall–Kier alpha value is -3.51. The molecule has 1 aliphatic rings. The van der Waals surface area contributed by atoms with Crippen LogP contribution in [0.15, 0.2) is 66.7 Å². The largest absolute Gasteiger partial charge is 0.382 e. The summed E-state index contributed by atoms with van der Waals surface area (Å²) in [6, 6.07) is 21.8. The van der Waals surface area contributed by atoms with Gasteiger partial charge in [0, 0.05) is 42.1 Å². The minimum Gasteiger partial charge on any atom is -0.382 e. The minimum absolute atomic E-state index is 0.258. The van der Waals surface area contributed by atoms with Gasteiger partial charge in [-0.05, 0) is 54.2 Å². The first-order valence-corrected chi connectivity index (χ1v) is 9.96. The Morgan fingerprint density at radius 2 is 1.73 bits per heavy atom. The topological polar surface area (TPSA) is 58.3 Å². The van der Waals surface area contributed by atoms with Gasteiger partial charge in [-0.15, -0.1) is 10.2 Å². The summed E-state index contributed by atoms with van der Waals surface area (Å²) in [4.78, 5) is 4.34. The zero-order chi connectivity index (χ0) is 20.7. The van der Waals surface area contributed by atoms with Gasteiger partial charge < -0.3 is 15.5 Å². The number of benzene rings is 3. The van der Waals surface area contributed by atoms with E-state index in [4.69, 9.17) is 5.73 Å². The molecule has 0 fully saturated rings. The van der Waals surface area contributed by atoms with Crippen molar-refractivity contribution in [2.24, 2.45) is 0 Å². The molecule has 0 bridgehead atoms. The van der Waals surface area contributed by atoms with Gasteiger partial charge in [0.2, 0.25) is 0 Å². The van der Waals surface area contributed by atoms with Crippen LogP contribution in [0.3, 0.4) is 0 Å². The molecule has 0 aliphatic carbocycles. The van der Waals surface area contributed by atoms with Gasteiger partial charge in [0.15, 0.2) is 0 Å². The minimum atomic E-state index is -0.258. The number of nitrogen functional groups attached to an aromatic ring is 1. The first-order chi connectivity index (χ1) is 14.6. The molecule has 0 amide bonds. The molecule has 6 heteroatoms. The number of hydrogen-bond acceptors (Lipinski definition) is 5. The maximum atomic E-state index is 15.7. The van der Waals surface area contributed by atoms with E-state index in [0.717, 1.165) is 24.5 Å². The summed E-state index contributed by atoms with van der Waals surface area (Å²) in [5.74, 6) is 0.0576. The summed E-state index contributed by atoms with van der Waals surface area (Å²) in [7, 11) is 2.02. The van der Waals surface area contributed by atoms with Crippen LogP contribution in [0.4, 0.5) is 21.6 Å². The van der Waals surface area contributed by atoms with Crippen molar-refractivity contribution in [1.82, 2.24) is 15.1 Å². The Kier molecular flexibility index (Phi) is 4.56. The molecule has 3 aromatic carbocycles. The normalized spacial score (nSPS) is 14.5. The number of halogens is 1. The molecule has 2 N–H and O–H groups in total. The van der Waals surface area contributed by atoms with Crippen molar-refractivity contribution in [3.63, 3.8) is 0 Å². The molecule has 5 rings (SSSR count). The van der Waals surface area contributed by atoms with E-state index in [1.807, 2.05) is 25.2 Å².